The van der Waals surface area contributed by atoms with E-state index in [0.717, 1.165) is 48.0 Å². The van der Waals surface area contributed by atoms with E-state index in [1.165, 1.54) is 23.4 Å². The molecule has 1 aromatic heterocycles. The second kappa shape index (κ2) is 12.6. The summed E-state index contributed by atoms with van der Waals surface area (Å²) in [6.07, 6.45) is 3.25. The SMILES string of the molecule is CCN(CC)c1ccc(/N=N/c2ccc(/N=N/c3nnc(CCC(C)CC(C)(C)C)s3)cc2)cc1. The molecule has 0 aliphatic carbocycles. The molecular weight excluding hydrogens is 454 g/mol. The zero-order valence-corrected chi connectivity index (χ0v) is 22.6. The van der Waals surface area contributed by atoms with E-state index in [4.69, 9.17) is 0 Å². The standard InChI is InChI=1S/C27H37N7S/c1-7-34(8-2)24-16-14-23(15-17-24)29-28-21-10-12-22(13-11-21)30-32-26-33-31-25(35-26)18-9-20(3)19-27(4,5)6/h10-17,20H,7-9,18-19H2,1-6H3/b29-28+,32-30+. The first-order valence-electron chi connectivity index (χ1n) is 12.4. The molecular formula is C27H37N7S. The van der Waals surface area contributed by atoms with E-state index in [-0.39, 0.29) is 0 Å². The van der Waals surface area contributed by atoms with Crippen LogP contribution in [0.2, 0.25) is 0 Å². The Morgan fingerprint density at radius 2 is 1.31 bits per heavy atom. The van der Waals surface area contributed by atoms with Crippen LogP contribution in [0, 0.1) is 11.3 Å². The summed E-state index contributed by atoms with van der Waals surface area (Å²) in [5.74, 6) is 0.659. The topological polar surface area (TPSA) is 78.5 Å². The molecule has 1 unspecified atom stereocenters. The average molecular weight is 492 g/mol. The van der Waals surface area contributed by atoms with Gasteiger partial charge in [-0.15, -0.1) is 20.4 Å². The highest BCUT2D eigenvalue weighted by Gasteiger charge is 2.16. The zero-order chi connectivity index (χ0) is 25.3. The Bertz CT molecular complexity index is 1090. The third-order valence-corrected chi connectivity index (χ3v) is 6.50. The highest BCUT2D eigenvalue weighted by molar-refractivity contribution is 7.14. The molecule has 2 aromatic carbocycles. The Morgan fingerprint density at radius 3 is 1.83 bits per heavy atom. The lowest BCUT2D eigenvalue weighted by Gasteiger charge is -2.22. The van der Waals surface area contributed by atoms with Crippen molar-refractivity contribution in [1.82, 2.24) is 10.2 Å². The highest BCUT2D eigenvalue weighted by Crippen LogP contribution is 2.29. The average Bonchev–Trinajstić information content (AvgIpc) is 3.29. The summed E-state index contributed by atoms with van der Waals surface area (Å²) in [4.78, 5) is 2.30. The molecule has 7 nitrogen and oxygen atoms in total. The molecule has 186 valence electrons. The number of hydrogen-bond donors (Lipinski definition) is 0. The summed E-state index contributed by atoms with van der Waals surface area (Å²) in [6.45, 7) is 15.4. The Kier molecular flexibility index (Phi) is 9.60. The van der Waals surface area contributed by atoms with Crippen molar-refractivity contribution in [3.8, 4) is 0 Å². The van der Waals surface area contributed by atoms with Crippen LogP contribution in [0.25, 0.3) is 0 Å². The highest BCUT2D eigenvalue weighted by atomic mass is 32.1. The fraction of sp³-hybridized carbons (Fsp3) is 0.481. The van der Waals surface area contributed by atoms with E-state index in [1.807, 2.05) is 36.4 Å². The van der Waals surface area contributed by atoms with Crippen molar-refractivity contribution in [1.29, 1.82) is 0 Å². The number of hydrogen-bond acceptors (Lipinski definition) is 8. The quantitative estimate of drug-likeness (QED) is 0.251. The summed E-state index contributed by atoms with van der Waals surface area (Å²) < 4.78 is 0. The Morgan fingerprint density at radius 1 is 0.800 bits per heavy atom. The maximum atomic E-state index is 4.34. The van der Waals surface area contributed by atoms with Crippen LogP contribution in [-0.4, -0.2) is 23.3 Å². The van der Waals surface area contributed by atoms with Crippen molar-refractivity contribution < 1.29 is 0 Å². The van der Waals surface area contributed by atoms with Gasteiger partial charge in [0.25, 0.3) is 5.13 Å². The van der Waals surface area contributed by atoms with Gasteiger partial charge in [-0.1, -0.05) is 39.0 Å². The van der Waals surface area contributed by atoms with Crippen LogP contribution in [0.1, 0.15) is 59.4 Å². The monoisotopic (exact) mass is 491 g/mol. The van der Waals surface area contributed by atoms with Crippen LogP contribution in [-0.2, 0) is 6.42 Å². The molecule has 0 amide bonds. The smallest absolute Gasteiger partial charge is 0.251 e. The normalized spacial score (nSPS) is 13.1. The second-order valence-corrected chi connectivity index (χ2v) is 11.0. The molecule has 0 aliphatic heterocycles. The molecule has 0 aliphatic rings. The van der Waals surface area contributed by atoms with E-state index in [1.54, 1.807) is 0 Å². The van der Waals surface area contributed by atoms with Crippen molar-refractivity contribution in [2.45, 2.75) is 60.8 Å². The fourth-order valence-electron chi connectivity index (χ4n) is 4.02. The molecule has 0 N–H and O–H groups in total. The van der Waals surface area contributed by atoms with Gasteiger partial charge in [-0.2, -0.15) is 10.2 Å². The molecule has 35 heavy (non-hydrogen) atoms. The first kappa shape index (κ1) is 26.6. The van der Waals surface area contributed by atoms with Crippen molar-refractivity contribution in [3.63, 3.8) is 0 Å². The molecule has 3 aromatic rings. The Hall–Kier alpha value is -3.00. The van der Waals surface area contributed by atoms with E-state index in [0.29, 0.717) is 16.5 Å². The van der Waals surface area contributed by atoms with Gasteiger partial charge in [0.1, 0.15) is 5.01 Å². The van der Waals surface area contributed by atoms with Gasteiger partial charge in [0, 0.05) is 25.2 Å². The van der Waals surface area contributed by atoms with E-state index in [2.05, 4.69) is 89.2 Å². The van der Waals surface area contributed by atoms with Gasteiger partial charge in [-0.05, 0) is 86.6 Å². The molecule has 1 heterocycles. The van der Waals surface area contributed by atoms with Gasteiger partial charge >= 0.3 is 0 Å². The summed E-state index contributed by atoms with van der Waals surface area (Å²) in [6, 6.07) is 15.6. The number of azo groups is 2. The molecule has 8 heteroatoms. The van der Waals surface area contributed by atoms with Crippen molar-refractivity contribution in [2.75, 3.05) is 18.0 Å². The largest absolute Gasteiger partial charge is 0.372 e. The lowest BCUT2D eigenvalue weighted by molar-refractivity contribution is 0.297. The van der Waals surface area contributed by atoms with Crippen molar-refractivity contribution >= 4 is 39.2 Å². The lowest BCUT2D eigenvalue weighted by atomic mass is 9.84. The van der Waals surface area contributed by atoms with Gasteiger partial charge in [0.2, 0.25) is 0 Å². The summed E-state index contributed by atoms with van der Waals surface area (Å²) in [5, 5.41) is 27.3. The third-order valence-electron chi connectivity index (χ3n) is 5.63. The second-order valence-electron chi connectivity index (χ2n) is 9.99. The first-order chi connectivity index (χ1) is 16.8. The molecule has 0 radical (unpaired) electrons. The number of rotatable bonds is 11. The van der Waals surface area contributed by atoms with Crippen molar-refractivity contribution in [2.24, 2.45) is 31.8 Å². The molecule has 0 saturated heterocycles. The van der Waals surface area contributed by atoms with Gasteiger partial charge < -0.3 is 4.90 Å². The lowest BCUT2D eigenvalue weighted by Crippen LogP contribution is -2.21. The number of aromatic nitrogens is 2. The van der Waals surface area contributed by atoms with Crippen LogP contribution in [0.15, 0.2) is 69.0 Å². The van der Waals surface area contributed by atoms with Gasteiger partial charge in [-0.25, -0.2) is 0 Å². The molecule has 1 atom stereocenters. The minimum Gasteiger partial charge on any atom is -0.372 e. The fourth-order valence-corrected chi connectivity index (χ4v) is 4.70. The number of benzene rings is 2. The van der Waals surface area contributed by atoms with Crippen LogP contribution in [0.4, 0.5) is 27.9 Å². The van der Waals surface area contributed by atoms with E-state index >= 15 is 0 Å². The summed E-state index contributed by atoms with van der Waals surface area (Å²) in [5.41, 5.74) is 3.88. The maximum absolute atomic E-state index is 4.34. The Balaban J connectivity index is 1.52. The van der Waals surface area contributed by atoms with Gasteiger partial charge in [0.15, 0.2) is 0 Å². The van der Waals surface area contributed by atoms with Crippen LogP contribution in [0.3, 0.4) is 0 Å². The van der Waals surface area contributed by atoms with Crippen LogP contribution in [0.5, 0.6) is 0 Å². The van der Waals surface area contributed by atoms with Crippen molar-refractivity contribution in [3.05, 3.63) is 53.5 Å². The summed E-state index contributed by atoms with van der Waals surface area (Å²) >= 11 is 1.51. The number of nitrogens with zero attached hydrogens (tertiary/aromatic N) is 7. The molecule has 0 fully saturated rings. The third kappa shape index (κ3) is 8.94. The van der Waals surface area contributed by atoms with Gasteiger partial charge in [0.05, 0.1) is 17.1 Å². The summed E-state index contributed by atoms with van der Waals surface area (Å²) in [7, 11) is 0. The van der Waals surface area contributed by atoms with Crippen LogP contribution < -0.4 is 4.90 Å². The molecule has 0 spiro atoms. The Labute approximate surface area is 213 Å². The van der Waals surface area contributed by atoms with E-state index in [9.17, 15) is 0 Å². The van der Waals surface area contributed by atoms with Gasteiger partial charge in [-0.3, -0.25) is 0 Å². The maximum Gasteiger partial charge on any atom is 0.251 e. The number of aryl methyl sites for hydroxylation is 1. The van der Waals surface area contributed by atoms with Crippen LogP contribution >= 0.6 is 11.3 Å². The predicted octanol–water partition coefficient (Wildman–Crippen LogP) is 9.22. The predicted molar refractivity (Wildman–Crippen MR) is 146 cm³/mol. The zero-order valence-electron chi connectivity index (χ0n) is 21.8. The molecule has 3 rings (SSSR count). The molecule has 0 saturated carbocycles. The number of anilines is 1. The minimum atomic E-state index is 0.355. The first-order valence-corrected chi connectivity index (χ1v) is 13.2. The minimum absolute atomic E-state index is 0.355. The molecule has 0 bridgehead atoms. The van der Waals surface area contributed by atoms with E-state index < -0.39 is 0 Å².